The molecule has 94 valence electrons. The van der Waals surface area contributed by atoms with Crippen LogP contribution in [0.2, 0.25) is 0 Å². The smallest absolute Gasteiger partial charge is 0.234 e. The summed E-state index contributed by atoms with van der Waals surface area (Å²) in [5.41, 5.74) is 0. The van der Waals surface area contributed by atoms with Crippen LogP contribution in [0.4, 0.5) is 0 Å². The third kappa shape index (κ3) is 4.94. The van der Waals surface area contributed by atoms with Crippen LogP contribution in [0.3, 0.4) is 0 Å². The minimum absolute atomic E-state index is 0.0965. The van der Waals surface area contributed by atoms with Gasteiger partial charge in [0, 0.05) is 18.7 Å². The first-order valence-electron chi connectivity index (χ1n) is 6.36. The average molecular weight is 228 g/mol. The topological polar surface area (TPSA) is 50.4 Å². The number of hydrogen-bond acceptors (Lipinski definition) is 3. The van der Waals surface area contributed by atoms with E-state index in [4.69, 9.17) is 4.74 Å². The van der Waals surface area contributed by atoms with Crippen LogP contribution in [0.15, 0.2) is 0 Å². The molecule has 4 heteroatoms. The maximum absolute atomic E-state index is 11.6. The number of carbonyl (C=O) groups is 1. The highest BCUT2D eigenvalue weighted by molar-refractivity contribution is 5.78. The van der Waals surface area contributed by atoms with Crippen molar-refractivity contribution in [2.75, 3.05) is 19.8 Å². The highest BCUT2D eigenvalue weighted by Crippen LogP contribution is 2.05. The fraction of sp³-hybridized carbons (Fsp3) is 0.917. The lowest BCUT2D eigenvalue weighted by Crippen LogP contribution is -2.45. The summed E-state index contributed by atoms with van der Waals surface area (Å²) in [6.07, 6.45) is 4.19. The van der Waals surface area contributed by atoms with Crippen molar-refractivity contribution in [1.29, 1.82) is 0 Å². The summed E-state index contributed by atoms with van der Waals surface area (Å²) in [6.45, 7) is 6.19. The highest BCUT2D eigenvalue weighted by atomic mass is 16.5. The Labute approximate surface area is 98.1 Å². The first-order valence-corrected chi connectivity index (χ1v) is 6.36. The monoisotopic (exact) mass is 228 g/mol. The zero-order valence-corrected chi connectivity index (χ0v) is 10.4. The van der Waals surface area contributed by atoms with Crippen molar-refractivity contribution < 1.29 is 9.53 Å². The van der Waals surface area contributed by atoms with Crippen LogP contribution < -0.4 is 10.6 Å². The van der Waals surface area contributed by atoms with Crippen molar-refractivity contribution >= 4 is 5.91 Å². The van der Waals surface area contributed by atoms with Gasteiger partial charge in [0.05, 0.1) is 13.2 Å². The number of hydrogen-bond donors (Lipinski definition) is 2. The van der Waals surface area contributed by atoms with Gasteiger partial charge in [0.2, 0.25) is 5.91 Å². The van der Waals surface area contributed by atoms with E-state index in [-0.39, 0.29) is 5.91 Å². The Morgan fingerprint density at radius 3 is 2.75 bits per heavy atom. The third-order valence-electron chi connectivity index (χ3n) is 3.06. The zero-order valence-electron chi connectivity index (χ0n) is 10.4. The Hall–Kier alpha value is -0.610. The van der Waals surface area contributed by atoms with E-state index in [2.05, 4.69) is 24.5 Å². The van der Waals surface area contributed by atoms with Crippen LogP contribution >= 0.6 is 0 Å². The normalized spacial score (nSPS) is 21.1. The van der Waals surface area contributed by atoms with E-state index in [9.17, 15) is 4.79 Å². The van der Waals surface area contributed by atoms with Gasteiger partial charge >= 0.3 is 0 Å². The number of ether oxygens (including phenoxy) is 1. The van der Waals surface area contributed by atoms with E-state index in [0.29, 0.717) is 18.6 Å². The standard InChI is InChI=1S/C12H24N2O2/c1-3-10(4-2)14-12(15)8-13-11-6-5-7-16-9-11/h10-11,13H,3-9H2,1-2H3,(H,14,15). The van der Waals surface area contributed by atoms with Crippen LogP contribution in [-0.4, -0.2) is 37.7 Å². The van der Waals surface area contributed by atoms with E-state index >= 15 is 0 Å². The van der Waals surface area contributed by atoms with Gasteiger partial charge in [-0.05, 0) is 25.7 Å². The lowest BCUT2D eigenvalue weighted by Gasteiger charge is -2.23. The summed E-state index contributed by atoms with van der Waals surface area (Å²) in [7, 11) is 0. The molecule has 4 nitrogen and oxygen atoms in total. The molecular formula is C12H24N2O2. The first-order chi connectivity index (χ1) is 7.76. The van der Waals surface area contributed by atoms with Crippen molar-refractivity contribution in [1.82, 2.24) is 10.6 Å². The Kier molecular flexibility index (Phi) is 6.42. The van der Waals surface area contributed by atoms with Gasteiger partial charge in [0.15, 0.2) is 0 Å². The number of rotatable bonds is 6. The zero-order chi connectivity index (χ0) is 11.8. The summed E-state index contributed by atoms with van der Waals surface area (Å²) in [5, 5.41) is 6.25. The van der Waals surface area contributed by atoms with Crippen molar-refractivity contribution in [2.24, 2.45) is 0 Å². The summed E-state index contributed by atoms with van der Waals surface area (Å²) >= 11 is 0. The van der Waals surface area contributed by atoms with Crippen molar-refractivity contribution in [3.8, 4) is 0 Å². The Bertz CT molecular complexity index is 199. The fourth-order valence-corrected chi connectivity index (χ4v) is 1.91. The van der Waals surface area contributed by atoms with Crippen LogP contribution in [0, 0.1) is 0 Å². The second-order valence-corrected chi connectivity index (χ2v) is 4.38. The molecule has 1 aliphatic heterocycles. The molecule has 2 N–H and O–H groups in total. The highest BCUT2D eigenvalue weighted by Gasteiger charge is 2.15. The van der Waals surface area contributed by atoms with E-state index in [1.807, 2.05) is 0 Å². The predicted octanol–water partition coefficient (Wildman–Crippen LogP) is 1.06. The Balaban J connectivity index is 2.13. The van der Waals surface area contributed by atoms with Crippen LogP contribution in [0.5, 0.6) is 0 Å². The minimum atomic E-state index is 0.0965. The third-order valence-corrected chi connectivity index (χ3v) is 3.06. The predicted molar refractivity (Wildman–Crippen MR) is 64.4 cm³/mol. The molecule has 0 aromatic carbocycles. The summed E-state index contributed by atoms with van der Waals surface area (Å²) < 4.78 is 5.34. The average Bonchev–Trinajstić information content (AvgIpc) is 2.34. The lowest BCUT2D eigenvalue weighted by atomic mass is 10.1. The maximum Gasteiger partial charge on any atom is 0.234 e. The second kappa shape index (κ2) is 7.63. The van der Waals surface area contributed by atoms with E-state index in [0.717, 1.165) is 38.9 Å². The van der Waals surface area contributed by atoms with Crippen molar-refractivity contribution in [3.05, 3.63) is 0 Å². The summed E-state index contributed by atoms with van der Waals surface area (Å²) in [4.78, 5) is 11.6. The molecule has 1 unspecified atom stereocenters. The van der Waals surface area contributed by atoms with Gasteiger partial charge in [0.25, 0.3) is 0 Å². The van der Waals surface area contributed by atoms with Gasteiger partial charge in [-0.2, -0.15) is 0 Å². The Morgan fingerprint density at radius 2 is 2.19 bits per heavy atom. The van der Waals surface area contributed by atoms with Gasteiger partial charge in [-0.3, -0.25) is 4.79 Å². The molecule has 0 radical (unpaired) electrons. The quantitative estimate of drug-likeness (QED) is 0.714. The SMILES string of the molecule is CCC(CC)NC(=O)CNC1CCCOC1. The van der Waals surface area contributed by atoms with E-state index in [1.165, 1.54) is 0 Å². The molecule has 0 spiro atoms. The maximum atomic E-state index is 11.6. The fourth-order valence-electron chi connectivity index (χ4n) is 1.91. The number of carbonyl (C=O) groups excluding carboxylic acids is 1. The number of nitrogens with one attached hydrogen (secondary N) is 2. The molecule has 16 heavy (non-hydrogen) atoms. The molecule has 0 bridgehead atoms. The molecule has 1 heterocycles. The van der Waals surface area contributed by atoms with E-state index < -0.39 is 0 Å². The molecule has 1 rings (SSSR count). The second-order valence-electron chi connectivity index (χ2n) is 4.38. The minimum Gasteiger partial charge on any atom is -0.380 e. The Morgan fingerprint density at radius 1 is 1.44 bits per heavy atom. The molecule has 1 amide bonds. The summed E-state index contributed by atoms with van der Waals surface area (Å²) in [5.74, 6) is 0.0965. The van der Waals surface area contributed by atoms with Crippen LogP contribution in [-0.2, 0) is 9.53 Å². The molecule has 1 fully saturated rings. The molecular weight excluding hydrogens is 204 g/mol. The molecule has 1 saturated heterocycles. The molecule has 0 saturated carbocycles. The van der Waals surface area contributed by atoms with Crippen LogP contribution in [0.1, 0.15) is 39.5 Å². The molecule has 0 aromatic rings. The van der Waals surface area contributed by atoms with Gasteiger partial charge in [0.1, 0.15) is 0 Å². The molecule has 1 atom stereocenters. The van der Waals surface area contributed by atoms with Gasteiger partial charge in [-0.25, -0.2) is 0 Å². The largest absolute Gasteiger partial charge is 0.380 e. The number of amides is 1. The molecule has 0 aliphatic carbocycles. The van der Waals surface area contributed by atoms with Gasteiger partial charge < -0.3 is 15.4 Å². The van der Waals surface area contributed by atoms with Crippen molar-refractivity contribution in [2.45, 2.75) is 51.6 Å². The van der Waals surface area contributed by atoms with E-state index in [1.54, 1.807) is 0 Å². The van der Waals surface area contributed by atoms with Gasteiger partial charge in [-0.15, -0.1) is 0 Å². The summed E-state index contributed by atoms with van der Waals surface area (Å²) in [6, 6.07) is 0.665. The molecule has 1 aliphatic rings. The van der Waals surface area contributed by atoms with Crippen LogP contribution in [0.25, 0.3) is 0 Å². The van der Waals surface area contributed by atoms with Gasteiger partial charge in [-0.1, -0.05) is 13.8 Å². The van der Waals surface area contributed by atoms with Crippen molar-refractivity contribution in [3.63, 3.8) is 0 Å². The molecule has 0 aromatic heterocycles. The first kappa shape index (κ1) is 13.5. The lowest BCUT2D eigenvalue weighted by molar-refractivity contribution is -0.121.